The zero-order valence-electron chi connectivity index (χ0n) is 14.5. The molecule has 2 aromatic rings. The van der Waals surface area contributed by atoms with Gasteiger partial charge in [-0.3, -0.25) is 4.79 Å². The third kappa shape index (κ3) is 4.73. The standard InChI is InChI=1S/C20H22O3S2/c1-14-10-16(12-24-9-8-18(21)22-2)19-17(11-14)13-25-20(23-19)15-6-4-3-5-7-15/h3-7,10-11,20H,8-9,12-13H2,1-2H3. The molecule has 1 heterocycles. The second-order valence-corrected chi connectivity index (χ2v) is 8.12. The lowest BCUT2D eigenvalue weighted by Crippen LogP contribution is -2.12. The van der Waals surface area contributed by atoms with E-state index in [0.29, 0.717) is 6.42 Å². The third-order valence-corrected chi connectivity index (χ3v) is 6.17. The van der Waals surface area contributed by atoms with Crippen molar-refractivity contribution in [2.45, 2.75) is 30.3 Å². The molecule has 3 nitrogen and oxygen atoms in total. The first-order valence-electron chi connectivity index (χ1n) is 8.27. The van der Waals surface area contributed by atoms with Crippen molar-refractivity contribution < 1.29 is 14.3 Å². The molecule has 3 rings (SSSR count). The van der Waals surface area contributed by atoms with E-state index in [4.69, 9.17) is 9.47 Å². The average Bonchev–Trinajstić information content (AvgIpc) is 2.65. The molecular formula is C20H22O3S2. The van der Waals surface area contributed by atoms with E-state index in [0.717, 1.165) is 23.0 Å². The Morgan fingerprint density at radius 2 is 2.12 bits per heavy atom. The molecule has 5 heteroatoms. The van der Waals surface area contributed by atoms with Crippen LogP contribution in [-0.2, 0) is 21.0 Å². The Kier molecular flexibility index (Phi) is 6.32. The fourth-order valence-corrected chi connectivity index (χ4v) is 4.76. The fourth-order valence-electron chi connectivity index (χ4n) is 2.82. The highest BCUT2D eigenvalue weighted by atomic mass is 32.2. The van der Waals surface area contributed by atoms with Crippen molar-refractivity contribution in [1.29, 1.82) is 0 Å². The van der Waals surface area contributed by atoms with Crippen LogP contribution in [0.2, 0.25) is 0 Å². The molecule has 1 atom stereocenters. The van der Waals surface area contributed by atoms with E-state index in [1.54, 1.807) is 11.8 Å². The van der Waals surface area contributed by atoms with Crippen molar-refractivity contribution in [3.8, 4) is 5.75 Å². The smallest absolute Gasteiger partial charge is 0.306 e. The summed E-state index contributed by atoms with van der Waals surface area (Å²) < 4.78 is 11.1. The van der Waals surface area contributed by atoms with Gasteiger partial charge in [0.2, 0.25) is 0 Å². The topological polar surface area (TPSA) is 35.5 Å². The maximum absolute atomic E-state index is 11.2. The van der Waals surface area contributed by atoms with Crippen LogP contribution in [0.25, 0.3) is 0 Å². The first-order chi connectivity index (χ1) is 12.2. The molecule has 0 N–H and O–H groups in total. The zero-order valence-corrected chi connectivity index (χ0v) is 16.1. The van der Waals surface area contributed by atoms with Gasteiger partial charge in [-0.2, -0.15) is 11.8 Å². The largest absolute Gasteiger partial charge is 0.474 e. The minimum Gasteiger partial charge on any atom is -0.474 e. The van der Waals surface area contributed by atoms with Crippen molar-refractivity contribution in [2.75, 3.05) is 12.9 Å². The van der Waals surface area contributed by atoms with Gasteiger partial charge in [0.25, 0.3) is 0 Å². The van der Waals surface area contributed by atoms with E-state index in [-0.39, 0.29) is 11.4 Å². The summed E-state index contributed by atoms with van der Waals surface area (Å²) in [6.07, 6.45) is 0.443. The highest BCUT2D eigenvalue weighted by Gasteiger charge is 2.24. The number of hydrogen-bond donors (Lipinski definition) is 0. The molecule has 0 spiro atoms. The SMILES string of the molecule is COC(=O)CCSCc1cc(C)cc2c1OC(c1ccccc1)SC2. The van der Waals surface area contributed by atoms with Crippen LogP contribution in [0.3, 0.4) is 0 Å². The van der Waals surface area contributed by atoms with Gasteiger partial charge >= 0.3 is 5.97 Å². The Morgan fingerprint density at radius 1 is 1.32 bits per heavy atom. The van der Waals surface area contributed by atoms with Gasteiger partial charge in [-0.25, -0.2) is 0 Å². The number of carbonyl (C=O) groups is 1. The maximum Gasteiger partial charge on any atom is 0.306 e. The number of thioether (sulfide) groups is 2. The molecule has 25 heavy (non-hydrogen) atoms. The minimum atomic E-state index is -0.157. The number of fused-ring (bicyclic) bond motifs is 1. The van der Waals surface area contributed by atoms with Gasteiger partial charge < -0.3 is 9.47 Å². The average molecular weight is 375 g/mol. The van der Waals surface area contributed by atoms with Crippen LogP contribution in [0.15, 0.2) is 42.5 Å². The van der Waals surface area contributed by atoms with Gasteiger partial charge in [-0.05, 0) is 6.92 Å². The number of methoxy groups -OCH3 is 1. The first kappa shape index (κ1) is 18.2. The highest BCUT2D eigenvalue weighted by Crippen LogP contribution is 2.44. The summed E-state index contributed by atoms with van der Waals surface area (Å²) in [5.41, 5.74) is 4.97. The number of hydrogen-bond acceptors (Lipinski definition) is 5. The Bertz CT molecular complexity index is 731. The summed E-state index contributed by atoms with van der Waals surface area (Å²) in [6, 6.07) is 14.8. The van der Waals surface area contributed by atoms with Gasteiger partial charge in [0.15, 0.2) is 5.44 Å². The second-order valence-electron chi connectivity index (χ2n) is 5.96. The molecule has 0 aliphatic carbocycles. The normalized spacial score (nSPS) is 16.0. The van der Waals surface area contributed by atoms with Gasteiger partial charge in [-0.15, -0.1) is 11.8 Å². The van der Waals surface area contributed by atoms with Crippen LogP contribution in [0.1, 0.15) is 34.1 Å². The van der Waals surface area contributed by atoms with Crippen LogP contribution in [0.4, 0.5) is 0 Å². The van der Waals surface area contributed by atoms with Crippen LogP contribution in [-0.4, -0.2) is 18.8 Å². The summed E-state index contributed by atoms with van der Waals surface area (Å²) in [5.74, 6) is 3.41. The molecule has 0 saturated heterocycles. The molecular weight excluding hydrogens is 352 g/mol. The van der Waals surface area contributed by atoms with Crippen LogP contribution < -0.4 is 4.74 Å². The molecule has 0 fully saturated rings. The number of rotatable bonds is 6. The number of aryl methyl sites for hydroxylation is 1. The van der Waals surface area contributed by atoms with Gasteiger partial charge in [0, 0.05) is 33.9 Å². The van der Waals surface area contributed by atoms with Crippen molar-refractivity contribution in [3.63, 3.8) is 0 Å². The Balaban J connectivity index is 1.72. The van der Waals surface area contributed by atoms with E-state index >= 15 is 0 Å². The minimum absolute atomic E-state index is 0.0372. The summed E-state index contributed by atoms with van der Waals surface area (Å²) in [5, 5.41) is 0. The number of benzene rings is 2. The maximum atomic E-state index is 11.2. The molecule has 1 aliphatic rings. The van der Waals surface area contributed by atoms with E-state index < -0.39 is 0 Å². The molecule has 0 saturated carbocycles. The number of ether oxygens (including phenoxy) is 2. The number of esters is 1. The Morgan fingerprint density at radius 3 is 2.88 bits per heavy atom. The third-order valence-electron chi connectivity index (χ3n) is 4.01. The summed E-state index contributed by atoms with van der Waals surface area (Å²) in [4.78, 5) is 11.2. The molecule has 0 radical (unpaired) electrons. The monoisotopic (exact) mass is 374 g/mol. The summed E-state index contributed by atoms with van der Waals surface area (Å²) in [6.45, 7) is 2.12. The van der Waals surface area contributed by atoms with Crippen molar-refractivity contribution in [2.24, 2.45) is 0 Å². The second kappa shape index (κ2) is 8.68. The molecule has 0 amide bonds. The molecule has 1 unspecified atom stereocenters. The van der Waals surface area contributed by atoms with Crippen LogP contribution in [0, 0.1) is 6.92 Å². The predicted molar refractivity (Wildman–Crippen MR) is 105 cm³/mol. The van der Waals surface area contributed by atoms with Gasteiger partial charge in [-0.1, -0.05) is 48.0 Å². The number of carbonyl (C=O) groups excluding carboxylic acids is 1. The first-order valence-corrected chi connectivity index (χ1v) is 10.5. The lowest BCUT2D eigenvalue weighted by atomic mass is 10.1. The van der Waals surface area contributed by atoms with Crippen LogP contribution >= 0.6 is 23.5 Å². The molecule has 0 aromatic heterocycles. The van der Waals surface area contributed by atoms with Gasteiger partial charge in [0.1, 0.15) is 5.75 Å². The fraction of sp³-hybridized carbons (Fsp3) is 0.350. The Hall–Kier alpha value is -1.59. The molecule has 132 valence electrons. The molecule has 1 aliphatic heterocycles. The van der Waals surface area contributed by atoms with Crippen molar-refractivity contribution in [1.82, 2.24) is 0 Å². The van der Waals surface area contributed by atoms with Gasteiger partial charge in [0.05, 0.1) is 13.5 Å². The summed E-state index contributed by atoms with van der Waals surface area (Å²) >= 11 is 3.56. The van der Waals surface area contributed by atoms with E-state index in [9.17, 15) is 4.79 Å². The zero-order chi connectivity index (χ0) is 17.6. The van der Waals surface area contributed by atoms with E-state index in [1.165, 1.54) is 29.4 Å². The Labute approximate surface area is 157 Å². The van der Waals surface area contributed by atoms with Crippen molar-refractivity contribution >= 4 is 29.5 Å². The predicted octanol–water partition coefficient (Wildman–Crippen LogP) is 5.12. The molecule has 0 bridgehead atoms. The highest BCUT2D eigenvalue weighted by molar-refractivity contribution is 7.98. The lowest BCUT2D eigenvalue weighted by Gasteiger charge is -2.28. The molecule has 2 aromatic carbocycles. The van der Waals surface area contributed by atoms with E-state index in [2.05, 4.69) is 31.2 Å². The lowest BCUT2D eigenvalue weighted by molar-refractivity contribution is -0.140. The van der Waals surface area contributed by atoms with Crippen molar-refractivity contribution in [3.05, 3.63) is 64.7 Å². The summed E-state index contributed by atoms with van der Waals surface area (Å²) in [7, 11) is 1.43. The van der Waals surface area contributed by atoms with E-state index in [1.807, 2.05) is 30.0 Å². The quantitative estimate of drug-likeness (QED) is 0.518. The van der Waals surface area contributed by atoms with Crippen LogP contribution in [0.5, 0.6) is 5.75 Å².